The van der Waals surface area contributed by atoms with Crippen LogP contribution in [0.4, 0.5) is 0 Å². The Morgan fingerprint density at radius 1 is 0.947 bits per heavy atom. The largest absolute Gasteiger partial charge is 0.313 e. The minimum atomic E-state index is 0.635. The highest BCUT2D eigenvalue weighted by atomic mass is 35.5. The van der Waals surface area contributed by atoms with E-state index in [1.807, 2.05) is 24.3 Å². The lowest BCUT2D eigenvalue weighted by molar-refractivity contribution is 0.727. The molecule has 0 unspecified atom stereocenters. The highest BCUT2D eigenvalue weighted by Crippen LogP contribution is 2.32. The molecule has 2 rings (SSSR count). The third-order valence-electron chi connectivity index (χ3n) is 2.85. The van der Waals surface area contributed by atoms with Gasteiger partial charge >= 0.3 is 0 Å². The molecule has 0 radical (unpaired) electrons. The van der Waals surface area contributed by atoms with Gasteiger partial charge < -0.3 is 5.32 Å². The van der Waals surface area contributed by atoms with Crippen LogP contribution in [0.15, 0.2) is 36.4 Å². The van der Waals surface area contributed by atoms with E-state index in [1.165, 1.54) is 0 Å². The van der Waals surface area contributed by atoms with Crippen molar-refractivity contribution in [2.45, 2.75) is 13.5 Å². The molecule has 2 aromatic rings. The van der Waals surface area contributed by atoms with Crippen LogP contribution in [0.5, 0.6) is 0 Å². The fraction of sp³-hybridized carbons (Fsp3) is 0.200. The molecule has 0 bridgehead atoms. The van der Waals surface area contributed by atoms with E-state index in [4.69, 9.17) is 34.8 Å². The average Bonchev–Trinajstić information content (AvgIpc) is 2.38. The minimum Gasteiger partial charge on any atom is -0.313 e. The zero-order valence-electron chi connectivity index (χ0n) is 10.5. The summed E-state index contributed by atoms with van der Waals surface area (Å²) in [5.41, 5.74) is 3.06. The maximum Gasteiger partial charge on any atom is 0.0499 e. The lowest BCUT2D eigenvalue weighted by atomic mass is 10.0. The van der Waals surface area contributed by atoms with Gasteiger partial charge in [0.15, 0.2) is 0 Å². The summed E-state index contributed by atoms with van der Waals surface area (Å²) in [5.74, 6) is 0. The molecule has 0 spiro atoms. The van der Waals surface area contributed by atoms with E-state index < -0.39 is 0 Å². The first-order valence-corrected chi connectivity index (χ1v) is 7.19. The molecule has 4 heteroatoms. The molecule has 100 valence electrons. The summed E-state index contributed by atoms with van der Waals surface area (Å²) < 4.78 is 0. The summed E-state index contributed by atoms with van der Waals surface area (Å²) in [6.45, 7) is 3.71. The zero-order chi connectivity index (χ0) is 13.8. The van der Waals surface area contributed by atoms with Crippen molar-refractivity contribution in [1.82, 2.24) is 5.32 Å². The summed E-state index contributed by atoms with van der Waals surface area (Å²) in [7, 11) is 0. The van der Waals surface area contributed by atoms with E-state index >= 15 is 0 Å². The summed E-state index contributed by atoms with van der Waals surface area (Å²) >= 11 is 18.3. The average molecular weight is 315 g/mol. The van der Waals surface area contributed by atoms with Crippen LogP contribution < -0.4 is 5.32 Å². The molecule has 0 aliphatic rings. The predicted octanol–water partition coefficient (Wildman–Crippen LogP) is 5.42. The Bertz CT molecular complexity index is 582. The molecule has 0 saturated carbocycles. The molecule has 0 aromatic heterocycles. The van der Waals surface area contributed by atoms with Crippen LogP contribution in [0.25, 0.3) is 11.1 Å². The third-order valence-corrected chi connectivity index (χ3v) is 3.77. The van der Waals surface area contributed by atoms with Gasteiger partial charge in [-0.15, -0.1) is 0 Å². The fourth-order valence-corrected chi connectivity index (χ4v) is 2.56. The molecule has 0 amide bonds. The van der Waals surface area contributed by atoms with Crippen LogP contribution in [0.3, 0.4) is 0 Å². The number of halogens is 3. The van der Waals surface area contributed by atoms with Crippen molar-refractivity contribution in [2.75, 3.05) is 6.54 Å². The molecule has 0 heterocycles. The van der Waals surface area contributed by atoms with Crippen molar-refractivity contribution in [3.8, 4) is 11.1 Å². The van der Waals surface area contributed by atoms with Crippen molar-refractivity contribution in [2.24, 2.45) is 0 Å². The van der Waals surface area contributed by atoms with Crippen molar-refractivity contribution < 1.29 is 0 Å². The maximum absolute atomic E-state index is 6.23. The van der Waals surface area contributed by atoms with E-state index in [0.29, 0.717) is 10.0 Å². The van der Waals surface area contributed by atoms with Crippen LogP contribution in [0.2, 0.25) is 15.1 Å². The quantitative estimate of drug-likeness (QED) is 0.794. The molecule has 0 saturated heterocycles. The van der Waals surface area contributed by atoms with Crippen molar-refractivity contribution >= 4 is 34.8 Å². The molecule has 0 fully saturated rings. The lowest BCUT2D eigenvalue weighted by Crippen LogP contribution is -2.12. The molecule has 1 N–H and O–H groups in total. The van der Waals surface area contributed by atoms with Gasteiger partial charge in [-0.2, -0.15) is 0 Å². The van der Waals surface area contributed by atoms with Gasteiger partial charge in [0, 0.05) is 27.2 Å². The summed E-state index contributed by atoms with van der Waals surface area (Å²) in [4.78, 5) is 0. The Balaban J connectivity index is 2.39. The number of benzene rings is 2. The number of nitrogens with one attached hydrogen (secondary N) is 1. The standard InChI is InChI=1S/C15H14Cl3N/c1-2-19-9-11-7-10(3-6-14(11)17)13-5-4-12(16)8-15(13)18/h3-8,19H,2,9H2,1H3. The lowest BCUT2D eigenvalue weighted by Gasteiger charge is -2.10. The van der Waals surface area contributed by atoms with E-state index in [9.17, 15) is 0 Å². The van der Waals surface area contributed by atoms with Crippen molar-refractivity contribution in [1.29, 1.82) is 0 Å². The first-order chi connectivity index (χ1) is 9.11. The fourth-order valence-electron chi connectivity index (χ4n) is 1.86. The second kappa shape index (κ2) is 6.62. The number of rotatable bonds is 4. The molecule has 1 nitrogen and oxygen atoms in total. The first-order valence-electron chi connectivity index (χ1n) is 6.06. The molecular weight excluding hydrogens is 301 g/mol. The molecule has 0 aliphatic carbocycles. The summed E-state index contributed by atoms with van der Waals surface area (Å²) in [6, 6.07) is 11.4. The van der Waals surface area contributed by atoms with Crippen LogP contribution in [0, 0.1) is 0 Å². The highest BCUT2D eigenvalue weighted by Gasteiger charge is 2.07. The number of hydrogen-bond acceptors (Lipinski definition) is 1. The second-order valence-electron chi connectivity index (χ2n) is 4.21. The van der Waals surface area contributed by atoms with Gasteiger partial charge in [0.2, 0.25) is 0 Å². The van der Waals surface area contributed by atoms with E-state index in [-0.39, 0.29) is 0 Å². The topological polar surface area (TPSA) is 12.0 Å². The van der Waals surface area contributed by atoms with Gasteiger partial charge in [-0.3, -0.25) is 0 Å². The molecule has 0 aliphatic heterocycles. The Morgan fingerprint density at radius 3 is 2.42 bits per heavy atom. The smallest absolute Gasteiger partial charge is 0.0499 e. The highest BCUT2D eigenvalue weighted by molar-refractivity contribution is 6.36. The van der Waals surface area contributed by atoms with E-state index in [2.05, 4.69) is 18.3 Å². The van der Waals surface area contributed by atoms with Gasteiger partial charge in [-0.1, -0.05) is 53.9 Å². The monoisotopic (exact) mass is 313 g/mol. The van der Waals surface area contributed by atoms with Crippen LogP contribution in [0.1, 0.15) is 12.5 Å². The SMILES string of the molecule is CCNCc1cc(-c2ccc(Cl)cc2Cl)ccc1Cl. The van der Waals surface area contributed by atoms with Crippen LogP contribution in [-0.2, 0) is 6.54 Å². The van der Waals surface area contributed by atoms with Crippen LogP contribution >= 0.6 is 34.8 Å². The Labute approximate surface area is 128 Å². The predicted molar refractivity (Wildman–Crippen MR) is 84.3 cm³/mol. The Kier molecular flexibility index (Phi) is 5.12. The zero-order valence-corrected chi connectivity index (χ0v) is 12.8. The van der Waals surface area contributed by atoms with Crippen LogP contribution in [-0.4, -0.2) is 6.54 Å². The van der Waals surface area contributed by atoms with Crippen molar-refractivity contribution in [3.63, 3.8) is 0 Å². The van der Waals surface area contributed by atoms with E-state index in [0.717, 1.165) is 34.8 Å². The van der Waals surface area contributed by atoms with Gasteiger partial charge in [0.05, 0.1) is 0 Å². The summed E-state index contributed by atoms with van der Waals surface area (Å²) in [6.07, 6.45) is 0. The second-order valence-corrected chi connectivity index (χ2v) is 5.46. The normalized spacial score (nSPS) is 10.7. The van der Waals surface area contributed by atoms with Gasteiger partial charge in [0.25, 0.3) is 0 Å². The van der Waals surface area contributed by atoms with Gasteiger partial charge in [-0.05, 0) is 41.9 Å². The Morgan fingerprint density at radius 2 is 1.74 bits per heavy atom. The molecule has 2 aromatic carbocycles. The molecule has 19 heavy (non-hydrogen) atoms. The molecular formula is C15H14Cl3N. The number of hydrogen-bond donors (Lipinski definition) is 1. The minimum absolute atomic E-state index is 0.635. The first kappa shape index (κ1) is 14.7. The van der Waals surface area contributed by atoms with Gasteiger partial charge in [-0.25, -0.2) is 0 Å². The summed E-state index contributed by atoms with van der Waals surface area (Å²) in [5, 5.41) is 5.31. The van der Waals surface area contributed by atoms with E-state index in [1.54, 1.807) is 6.07 Å². The molecule has 0 atom stereocenters. The third kappa shape index (κ3) is 3.64. The van der Waals surface area contributed by atoms with Gasteiger partial charge in [0.1, 0.15) is 0 Å². The Hall–Kier alpha value is -0.730. The maximum atomic E-state index is 6.23. The van der Waals surface area contributed by atoms with Crippen molar-refractivity contribution in [3.05, 3.63) is 57.0 Å².